The van der Waals surface area contributed by atoms with Gasteiger partial charge in [0.15, 0.2) is 0 Å². The van der Waals surface area contributed by atoms with E-state index >= 15 is 0 Å². The van der Waals surface area contributed by atoms with Gasteiger partial charge in [-0.3, -0.25) is 4.79 Å². The van der Waals surface area contributed by atoms with Crippen molar-refractivity contribution in [2.45, 2.75) is 3.79 Å². The van der Waals surface area contributed by atoms with Crippen molar-refractivity contribution in [3.05, 3.63) is 24.3 Å². The van der Waals surface area contributed by atoms with E-state index in [0.717, 1.165) is 18.8 Å². The van der Waals surface area contributed by atoms with Gasteiger partial charge in [0.1, 0.15) is 0 Å². The molecule has 0 bridgehead atoms. The van der Waals surface area contributed by atoms with E-state index in [1.165, 1.54) is 0 Å². The van der Waals surface area contributed by atoms with Crippen molar-refractivity contribution in [1.82, 2.24) is 0 Å². The molecule has 0 aromatic heterocycles. The first-order chi connectivity index (χ1) is 8.98. The van der Waals surface area contributed by atoms with Crippen molar-refractivity contribution < 1.29 is 9.53 Å². The number of nitrogens with one attached hydrogen (secondary N) is 1. The van der Waals surface area contributed by atoms with Gasteiger partial charge in [0.25, 0.3) is 9.70 Å². The molecule has 1 amide bonds. The number of para-hydroxylation sites is 2. The lowest BCUT2D eigenvalue weighted by Gasteiger charge is -2.30. The summed E-state index contributed by atoms with van der Waals surface area (Å²) in [4.78, 5) is 13.8. The number of amides is 1. The van der Waals surface area contributed by atoms with Crippen LogP contribution in [-0.4, -0.2) is 36.0 Å². The second kappa shape index (κ2) is 6.18. The number of hydrogen-bond acceptors (Lipinski definition) is 3. The lowest BCUT2D eigenvalue weighted by atomic mass is 10.2. The summed E-state index contributed by atoms with van der Waals surface area (Å²) in [6, 6.07) is 7.41. The van der Waals surface area contributed by atoms with Crippen LogP contribution in [-0.2, 0) is 9.53 Å². The van der Waals surface area contributed by atoms with Crippen molar-refractivity contribution in [1.29, 1.82) is 0 Å². The SMILES string of the molecule is O=C(Nc1ccccc1N1CCOCC1)C(Cl)(Cl)Cl. The maximum atomic E-state index is 11.7. The van der Waals surface area contributed by atoms with Gasteiger partial charge in [-0.25, -0.2) is 0 Å². The Hall–Kier alpha value is -0.680. The minimum Gasteiger partial charge on any atom is -0.378 e. The lowest BCUT2D eigenvalue weighted by Crippen LogP contribution is -2.37. The fraction of sp³-hybridized carbons (Fsp3) is 0.417. The zero-order chi connectivity index (χ0) is 13.9. The Bertz CT molecular complexity index is 457. The average Bonchev–Trinajstić information content (AvgIpc) is 2.39. The summed E-state index contributed by atoms with van der Waals surface area (Å²) in [5.41, 5.74) is 1.52. The van der Waals surface area contributed by atoms with Crippen LogP contribution < -0.4 is 10.2 Å². The van der Waals surface area contributed by atoms with Gasteiger partial charge in [-0.05, 0) is 12.1 Å². The lowest BCUT2D eigenvalue weighted by molar-refractivity contribution is -0.115. The third-order valence-electron chi connectivity index (χ3n) is 2.76. The molecule has 0 spiro atoms. The number of rotatable bonds is 2. The third-order valence-corrected chi connectivity index (χ3v) is 3.28. The van der Waals surface area contributed by atoms with Gasteiger partial charge >= 0.3 is 0 Å². The quantitative estimate of drug-likeness (QED) is 0.851. The molecule has 1 N–H and O–H groups in total. The van der Waals surface area contributed by atoms with Crippen LogP contribution in [0, 0.1) is 0 Å². The Labute approximate surface area is 126 Å². The molecule has 104 valence electrons. The molecular formula is C12H13Cl3N2O2. The molecule has 1 fully saturated rings. The summed E-state index contributed by atoms with van der Waals surface area (Å²) in [6.07, 6.45) is 0. The Morgan fingerprint density at radius 3 is 2.47 bits per heavy atom. The van der Waals surface area contributed by atoms with E-state index in [1.54, 1.807) is 6.07 Å². The van der Waals surface area contributed by atoms with E-state index in [4.69, 9.17) is 39.5 Å². The molecule has 1 aliphatic rings. The number of carbonyl (C=O) groups excluding carboxylic acids is 1. The number of halogens is 3. The molecule has 7 heteroatoms. The van der Waals surface area contributed by atoms with Gasteiger partial charge in [0.2, 0.25) is 0 Å². The number of benzene rings is 1. The van der Waals surface area contributed by atoms with Gasteiger partial charge in [0, 0.05) is 13.1 Å². The van der Waals surface area contributed by atoms with E-state index in [-0.39, 0.29) is 0 Å². The average molecular weight is 324 g/mol. The van der Waals surface area contributed by atoms with Crippen LogP contribution in [0.3, 0.4) is 0 Å². The summed E-state index contributed by atoms with van der Waals surface area (Å²) in [5, 5.41) is 2.63. The standard InChI is InChI=1S/C12H13Cl3N2O2/c13-12(14,15)11(18)16-9-3-1-2-4-10(9)17-5-7-19-8-6-17/h1-4H,5-8H2,(H,16,18). The topological polar surface area (TPSA) is 41.6 Å². The molecule has 0 saturated carbocycles. The largest absolute Gasteiger partial charge is 0.378 e. The molecule has 0 aliphatic carbocycles. The van der Waals surface area contributed by atoms with Crippen molar-refractivity contribution in [2.75, 3.05) is 36.5 Å². The van der Waals surface area contributed by atoms with Gasteiger partial charge in [-0.1, -0.05) is 46.9 Å². The molecule has 19 heavy (non-hydrogen) atoms. The fourth-order valence-corrected chi connectivity index (χ4v) is 1.99. The Morgan fingerprint density at radius 2 is 1.84 bits per heavy atom. The van der Waals surface area contributed by atoms with Crippen LogP contribution in [0.15, 0.2) is 24.3 Å². The molecule has 1 aliphatic heterocycles. The van der Waals surface area contributed by atoms with Crippen molar-refractivity contribution in [3.63, 3.8) is 0 Å². The minimum absolute atomic E-state index is 0.626. The molecular weight excluding hydrogens is 311 g/mol. The van der Waals surface area contributed by atoms with Crippen LogP contribution in [0.25, 0.3) is 0 Å². The summed E-state index contributed by atoms with van der Waals surface area (Å²) < 4.78 is 3.33. The normalized spacial score (nSPS) is 16.3. The number of morpholine rings is 1. The number of nitrogens with zero attached hydrogens (tertiary/aromatic N) is 1. The summed E-state index contributed by atoms with van der Waals surface area (Å²) in [6.45, 7) is 2.85. The number of alkyl halides is 3. The molecule has 1 aromatic carbocycles. The maximum absolute atomic E-state index is 11.7. The maximum Gasteiger partial charge on any atom is 0.276 e. The van der Waals surface area contributed by atoms with E-state index in [1.807, 2.05) is 18.2 Å². The zero-order valence-corrected chi connectivity index (χ0v) is 12.3. The highest BCUT2D eigenvalue weighted by Gasteiger charge is 2.31. The molecule has 1 aromatic rings. The Morgan fingerprint density at radius 1 is 1.21 bits per heavy atom. The fourth-order valence-electron chi connectivity index (χ4n) is 1.85. The Kier molecular flexibility index (Phi) is 4.79. The molecule has 2 rings (SSSR count). The van der Waals surface area contributed by atoms with Crippen LogP contribution in [0.4, 0.5) is 11.4 Å². The van der Waals surface area contributed by atoms with E-state index in [2.05, 4.69) is 10.2 Å². The molecule has 4 nitrogen and oxygen atoms in total. The minimum atomic E-state index is -1.97. The highest BCUT2D eigenvalue weighted by molar-refractivity contribution is 6.76. The number of carbonyl (C=O) groups is 1. The van der Waals surface area contributed by atoms with E-state index in [0.29, 0.717) is 18.9 Å². The molecule has 0 unspecified atom stereocenters. The monoisotopic (exact) mass is 322 g/mol. The highest BCUT2D eigenvalue weighted by Crippen LogP contribution is 2.31. The van der Waals surface area contributed by atoms with Crippen LogP contribution in [0.5, 0.6) is 0 Å². The predicted octanol–water partition coefficient (Wildman–Crippen LogP) is 2.83. The van der Waals surface area contributed by atoms with E-state index < -0.39 is 9.70 Å². The van der Waals surface area contributed by atoms with Crippen LogP contribution in [0.1, 0.15) is 0 Å². The smallest absolute Gasteiger partial charge is 0.276 e. The molecule has 1 heterocycles. The molecule has 0 atom stereocenters. The number of ether oxygens (including phenoxy) is 1. The predicted molar refractivity (Wildman–Crippen MR) is 78.4 cm³/mol. The van der Waals surface area contributed by atoms with Gasteiger partial charge in [0.05, 0.1) is 24.6 Å². The number of hydrogen-bond donors (Lipinski definition) is 1. The van der Waals surface area contributed by atoms with Crippen molar-refractivity contribution in [2.24, 2.45) is 0 Å². The Balaban J connectivity index is 2.18. The first kappa shape index (κ1) is 14.7. The van der Waals surface area contributed by atoms with Gasteiger partial charge < -0.3 is 15.0 Å². The second-order valence-electron chi connectivity index (χ2n) is 4.07. The van der Waals surface area contributed by atoms with Gasteiger partial charge in [-0.15, -0.1) is 0 Å². The molecule has 0 radical (unpaired) electrons. The summed E-state index contributed by atoms with van der Waals surface area (Å²) >= 11 is 16.7. The van der Waals surface area contributed by atoms with Crippen molar-refractivity contribution in [3.8, 4) is 0 Å². The zero-order valence-electron chi connectivity index (χ0n) is 10.0. The van der Waals surface area contributed by atoms with Crippen LogP contribution >= 0.6 is 34.8 Å². The van der Waals surface area contributed by atoms with E-state index in [9.17, 15) is 4.79 Å². The highest BCUT2D eigenvalue weighted by atomic mass is 35.6. The summed E-state index contributed by atoms with van der Waals surface area (Å²) in [7, 11) is 0. The molecule has 1 saturated heterocycles. The third kappa shape index (κ3) is 3.89. The first-order valence-corrected chi connectivity index (χ1v) is 6.92. The summed E-state index contributed by atoms with van der Waals surface area (Å²) in [5.74, 6) is -0.668. The second-order valence-corrected chi connectivity index (χ2v) is 6.35. The number of anilines is 2. The van der Waals surface area contributed by atoms with Crippen molar-refractivity contribution >= 4 is 52.1 Å². The van der Waals surface area contributed by atoms with Gasteiger partial charge in [-0.2, -0.15) is 0 Å². The first-order valence-electron chi connectivity index (χ1n) is 5.78. The van der Waals surface area contributed by atoms with Crippen LogP contribution in [0.2, 0.25) is 0 Å².